The van der Waals surface area contributed by atoms with E-state index in [9.17, 15) is 0 Å². The standard InChI is InChI=1S/C12H26N2O.ClH/c1-3-12(2,6-9-15)14-10-11-4-7-13-8-5-11;/h11,13-15H,3-10H2,1-2H3;1H. The number of rotatable bonds is 6. The first kappa shape index (κ1) is 16.2. The molecule has 1 unspecified atom stereocenters. The number of aliphatic hydroxyl groups excluding tert-OH is 1. The molecule has 0 radical (unpaired) electrons. The van der Waals surface area contributed by atoms with Gasteiger partial charge >= 0.3 is 0 Å². The summed E-state index contributed by atoms with van der Waals surface area (Å²) in [4.78, 5) is 0. The van der Waals surface area contributed by atoms with E-state index in [1.54, 1.807) is 0 Å². The zero-order valence-electron chi connectivity index (χ0n) is 10.6. The maximum Gasteiger partial charge on any atom is 0.0448 e. The van der Waals surface area contributed by atoms with Crippen LogP contribution >= 0.6 is 12.4 Å². The molecule has 1 heterocycles. The molecule has 0 spiro atoms. The van der Waals surface area contributed by atoms with Crippen molar-refractivity contribution in [1.82, 2.24) is 10.6 Å². The number of hydrogen-bond donors (Lipinski definition) is 3. The van der Waals surface area contributed by atoms with E-state index in [-0.39, 0.29) is 24.6 Å². The average Bonchev–Trinajstić information content (AvgIpc) is 2.28. The minimum atomic E-state index is 0. The molecular weight excluding hydrogens is 224 g/mol. The molecule has 3 N–H and O–H groups in total. The Bertz CT molecular complexity index is 174. The molecule has 3 nitrogen and oxygen atoms in total. The van der Waals surface area contributed by atoms with E-state index in [1.807, 2.05) is 0 Å². The highest BCUT2D eigenvalue weighted by atomic mass is 35.5. The van der Waals surface area contributed by atoms with Crippen LogP contribution in [-0.4, -0.2) is 36.9 Å². The highest BCUT2D eigenvalue weighted by Gasteiger charge is 2.22. The number of nitrogens with one attached hydrogen (secondary N) is 2. The maximum atomic E-state index is 9.02. The first-order valence-corrected chi connectivity index (χ1v) is 6.27. The van der Waals surface area contributed by atoms with Gasteiger partial charge in [-0.05, 0) is 58.2 Å². The van der Waals surface area contributed by atoms with Crippen molar-refractivity contribution in [3.63, 3.8) is 0 Å². The van der Waals surface area contributed by atoms with Gasteiger partial charge in [0.2, 0.25) is 0 Å². The molecule has 98 valence electrons. The van der Waals surface area contributed by atoms with E-state index >= 15 is 0 Å². The van der Waals surface area contributed by atoms with Gasteiger partial charge in [0.15, 0.2) is 0 Å². The van der Waals surface area contributed by atoms with Gasteiger partial charge in [0.1, 0.15) is 0 Å². The van der Waals surface area contributed by atoms with Gasteiger partial charge in [0, 0.05) is 12.1 Å². The van der Waals surface area contributed by atoms with Crippen LogP contribution in [0.2, 0.25) is 0 Å². The normalized spacial score (nSPS) is 21.2. The van der Waals surface area contributed by atoms with Crippen molar-refractivity contribution in [1.29, 1.82) is 0 Å². The van der Waals surface area contributed by atoms with Gasteiger partial charge in [-0.15, -0.1) is 12.4 Å². The lowest BCUT2D eigenvalue weighted by Gasteiger charge is -2.32. The Labute approximate surface area is 106 Å². The third-order valence-corrected chi connectivity index (χ3v) is 3.72. The Morgan fingerprint density at radius 1 is 1.38 bits per heavy atom. The second-order valence-corrected chi connectivity index (χ2v) is 4.96. The van der Waals surface area contributed by atoms with Gasteiger partial charge in [0.05, 0.1) is 0 Å². The molecule has 1 saturated heterocycles. The Balaban J connectivity index is 0.00000225. The molecule has 16 heavy (non-hydrogen) atoms. The van der Waals surface area contributed by atoms with Crippen molar-refractivity contribution in [2.75, 3.05) is 26.2 Å². The number of hydrogen-bond acceptors (Lipinski definition) is 3. The van der Waals surface area contributed by atoms with Crippen LogP contribution in [0.4, 0.5) is 0 Å². The summed E-state index contributed by atoms with van der Waals surface area (Å²) in [5, 5.41) is 16.0. The first-order chi connectivity index (χ1) is 7.20. The number of halogens is 1. The van der Waals surface area contributed by atoms with Crippen LogP contribution in [0, 0.1) is 5.92 Å². The molecule has 0 amide bonds. The van der Waals surface area contributed by atoms with E-state index in [0.717, 1.165) is 38.4 Å². The average molecular weight is 251 g/mol. The van der Waals surface area contributed by atoms with Gasteiger partial charge < -0.3 is 15.7 Å². The summed E-state index contributed by atoms with van der Waals surface area (Å²) in [5.41, 5.74) is 0.125. The summed E-state index contributed by atoms with van der Waals surface area (Å²) < 4.78 is 0. The van der Waals surface area contributed by atoms with Crippen LogP contribution in [-0.2, 0) is 0 Å². The lowest BCUT2D eigenvalue weighted by atomic mass is 9.92. The predicted molar refractivity (Wildman–Crippen MR) is 71.2 cm³/mol. The monoisotopic (exact) mass is 250 g/mol. The summed E-state index contributed by atoms with van der Waals surface area (Å²) >= 11 is 0. The summed E-state index contributed by atoms with van der Waals surface area (Å²) in [6.07, 6.45) is 4.50. The smallest absolute Gasteiger partial charge is 0.0448 e. The molecule has 0 aromatic rings. The Morgan fingerprint density at radius 2 is 2.00 bits per heavy atom. The van der Waals surface area contributed by atoms with E-state index in [4.69, 9.17) is 5.11 Å². The van der Waals surface area contributed by atoms with Crippen LogP contribution in [0.3, 0.4) is 0 Å². The fourth-order valence-corrected chi connectivity index (χ4v) is 2.11. The minimum absolute atomic E-state index is 0. The second-order valence-electron chi connectivity index (χ2n) is 4.96. The molecule has 0 aromatic heterocycles. The van der Waals surface area contributed by atoms with E-state index in [2.05, 4.69) is 24.5 Å². The molecule has 1 fully saturated rings. The summed E-state index contributed by atoms with van der Waals surface area (Å²) in [5.74, 6) is 0.816. The SMILES string of the molecule is CCC(C)(CCO)NCC1CCNCC1.Cl. The van der Waals surface area contributed by atoms with Crippen LogP contribution in [0.15, 0.2) is 0 Å². The van der Waals surface area contributed by atoms with Gasteiger partial charge in [-0.25, -0.2) is 0 Å². The highest BCUT2D eigenvalue weighted by molar-refractivity contribution is 5.85. The van der Waals surface area contributed by atoms with Crippen molar-refractivity contribution < 1.29 is 5.11 Å². The summed E-state index contributed by atoms with van der Waals surface area (Å²) in [6.45, 7) is 8.11. The Morgan fingerprint density at radius 3 is 2.50 bits per heavy atom. The van der Waals surface area contributed by atoms with Crippen LogP contribution in [0.25, 0.3) is 0 Å². The molecule has 1 atom stereocenters. The largest absolute Gasteiger partial charge is 0.396 e. The molecule has 4 heteroatoms. The maximum absolute atomic E-state index is 9.02. The fraction of sp³-hybridized carbons (Fsp3) is 1.00. The third kappa shape index (κ3) is 5.48. The van der Waals surface area contributed by atoms with Crippen LogP contribution in [0.5, 0.6) is 0 Å². The van der Waals surface area contributed by atoms with Crippen molar-refractivity contribution in [2.24, 2.45) is 5.92 Å². The summed E-state index contributed by atoms with van der Waals surface area (Å²) in [6, 6.07) is 0. The molecule has 0 bridgehead atoms. The van der Waals surface area contributed by atoms with E-state index in [1.165, 1.54) is 12.8 Å². The summed E-state index contributed by atoms with van der Waals surface area (Å²) in [7, 11) is 0. The van der Waals surface area contributed by atoms with Gasteiger partial charge in [0.25, 0.3) is 0 Å². The Hall–Kier alpha value is 0.170. The van der Waals surface area contributed by atoms with E-state index < -0.39 is 0 Å². The zero-order valence-corrected chi connectivity index (χ0v) is 11.4. The van der Waals surface area contributed by atoms with Crippen molar-refractivity contribution in [3.05, 3.63) is 0 Å². The fourth-order valence-electron chi connectivity index (χ4n) is 2.11. The first-order valence-electron chi connectivity index (χ1n) is 6.27. The second kappa shape index (κ2) is 8.29. The molecule has 0 aliphatic carbocycles. The lowest BCUT2D eigenvalue weighted by molar-refractivity contribution is 0.204. The molecular formula is C12H27ClN2O. The lowest BCUT2D eigenvalue weighted by Crippen LogP contribution is -2.46. The topological polar surface area (TPSA) is 44.3 Å². The van der Waals surface area contributed by atoms with Crippen molar-refractivity contribution in [2.45, 2.75) is 45.1 Å². The third-order valence-electron chi connectivity index (χ3n) is 3.72. The molecule has 0 aromatic carbocycles. The highest BCUT2D eigenvalue weighted by Crippen LogP contribution is 2.16. The van der Waals surface area contributed by atoms with Crippen LogP contribution in [0.1, 0.15) is 39.5 Å². The van der Waals surface area contributed by atoms with Gasteiger partial charge in [-0.1, -0.05) is 6.92 Å². The van der Waals surface area contributed by atoms with Crippen molar-refractivity contribution >= 4 is 12.4 Å². The predicted octanol–water partition coefficient (Wildman–Crippen LogP) is 1.55. The van der Waals surface area contributed by atoms with Gasteiger partial charge in [-0.2, -0.15) is 0 Å². The molecule has 1 rings (SSSR count). The van der Waals surface area contributed by atoms with E-state index in [0.29, 0.717) is 0 Å². The molecule has 0 saturated carbocycles. The Kier molecular flexibility index (Phi) is 8.38. The molecule has 1 aliphatic heterocycles. The molecule has 1 aliphatic rings. The van der Waals surface area contributed by atoms with Gasteiger partial charge in [-0.3, -0.25) is 0 Å². The number of aliphatic hydroxyl groups is 1. The zero-order chi connectivity index (χ0) is 11.1. The van der Waals surface area contributed by atoms with Crippen LogP contribution < -0.4 is 10.6 Å². The van der Waals surface area contributed by atoms with Crippen molar-refractivity contribution in [3.8, 4) is 0 Å². The quantitative estimate of drug-likeness (QED) is 0.670. The number of piperidine rings is 1. The minimum Gasteiger partial charge on any atom is -0.396 e.